The molecule has 0 aliphatic heterocycles. The summed E-state index contributed by atoms with van der Waals surface area (Å²) in [7, 11) is 1.64. The van der Waals surface area contributed by atoms with Gasteiger partial charge in [-0.2, -0.15) is 5.26 Å². The molecule has 0 saturated carbocycles. The third kappa shape index (κ3) is 5.06. The Morgan fingerprint density at radius 1 is 1.27 bits per heavy atom. The lowest BCUT2D eigenvalue weighted by atomic mass is 9.99. The highest BCUT2D eigenvalue weighted by atomic mass is 19.1. The van der Waals surface area contributed by atoms with Crippen LogP contribution in [0, 0.1) is 17.1 Å². The van der Waals surface area contributed by atoms with Crippen LogP contribution in [0.15, 0.2) is 33.8 Å². The highest BCUT2D eigenvalue weighted by Gasteiger charge is 2.13. The molecule has 138 valence electrons. The second-order valence-corrected chi connectivity index (χ2v) is 5.93. The van der Waals surface area contributed by atoms with Crippen molar-refractivity contribution in [1.29, 1.82) is 5.26 Å². The van der Waals surface area contributed by atoms with Gasteiger partial charge < -0.3 is 15.2 Å². The van der Waals surface area contributed by atoms with Crippen molar-refractivity contribution < 1.29 is 8.91 Å². The van der Waals surface area contributed by atoms with Crippen LogP contribution in [-0.2, 0) is 13.1 Å². The number of nitrogens with zero attached hydrogens (tertiary/aromatic N) is 3. The van der Waals surface area contributed by atoms with E-state index in [0.29, 0.717) is 29.5 Å². The lowest BCUT2D eigenvalue weighted by molar-refractivity contribution is 0.368. The third-order valence-electron chi connectivity index (χ3n) is 4.26. The summed E-state index contributed by atoms with van der Waals surface area (Å²) in [6.45, 7) is 4.96. The van der Waals surface area contributed by atoms with Crippen molar-refractivity contribution in [1.82, 2.24) is 15.8 Å². The molecule has 0 radical (unpaired) electrons. The van der Waals surface area contributed by atoms with Crippen LogP contribution in [0.4, 0.5) is 4.39 Å². The van der Waals surface area contributed by atoms with Crippen LogP contribution in [0.2, 0.25) is 0 Å². The van der Waals surface area contributed by atoms with Crippen molar-refractivity contribution in [2.75, 3.05) is 7.05 Å². The zero-order chi connectivity index (χ0) is 18.9. The van der Waals surface area contributed by atoms with E-state index in [1.165, 1.54) is 6.07 Å². The topological polar surface area (TPSA) is 86.2 Å². The maximum Gasteiger partial charge on any atom is 0.191 e. The van der Waals surface area contributed by atoms with Crippen molar-refractivity contribution in [2.24, 2.45) is 4.99 Å². The van der Waals surface area contributed by atoms with Gasteiger partial charge in [-0.15, -0.1) is 0 Å². The summed E-state index contributed by atoms with van der Waals surface area (Å²) in [4.78, 5) is 4.11. The van der Waals surface area contributed by atoms with Gasteiger partial charge in [0.15, 0.2) is 11.7 Å². The lowest BCUT2D eigenvalue weighted by Gasteiger charge is -2.11. The molecule has 1 heterocycles. The fourth-order valence-electron chi connectivity index (χ4n) is 2.64. The van der Waals surface area contributed by atoms with Crippen molar-refractivity contribution in [3.8, 4) is 6.07 Å². The second kappa shape index (κ2) is 9.56. The summed E-state index contributed by atoms with van der Waals surface area (Å²) in [5.74, 6) is 1.23. The Kier molecular flexibility index (Phi) is 7.15. The Bertz CT molecular complexity index is 789. The second-order valence-electron chi connectivity index (χ2n) is 5.93. The molecular weight excluding hydrogens is 333 g/mol. The average molecular weight is 357 g/mol. The largest absolute Gasteiger partial charge is 0.359 e. The number of hydrogen-bond acceptors (Lipinski definition) is 4. The Balaban J connectivity index is 1.89. The Morgan fingerprint density at radius 2 is 2.00 bits per heavy atom. The van der Waals surface area contributed by atoms with Gasteiger partial charge in [-0.1, -0.05) is 25.1 Å². The number of benzene rings is 1. The van der Waals surface area contributed by atoms with Gasteiger partial charge in [0.05, 0.1) is 23.9 Å². The zero-order valence-corrected chi connectivity index (χ0v) is 15.3. The smallest absolute Gasteiger partial charge is 0.191 e. The van der Waals surface area contributed by atoms with Crippen molar-refractivity contribution in [3.63, 3.8) is 0 Å². The van der Waals surface area contributed by atoms with Crippen LogP contribution in [0.5, 0.6) is 0 Å². The van der Waals surface area contributed by atoms with Gasteiger partial charge in [-0.05, 0) is 25.0 Å². The molecule has 0 aliphatic rings. The normalized spacial score (nSPS) is 11.5. The Hall–Kier alpha value is -2.88. The zero-order valence-electron chi connectivity index (χ0n) is 15.3. The summed E-state index contributed by atoms with van der Waals surface area (Å²) in [6, 6.07) is 8.27. The highest BCUT2D eigenvalue weighted by Crippen LogP contribution is 2.22. The molecule has 0 spiro atoms. The highest BCUT2D eigenvalue weighted by molar-refractivity contribution is 5.79. The summed E-state index contributed by atoms with van der Waals surface area (Å²) >= 11 is 0. The van der Waals surface area contributed by atoms with Gasteiger partial charge in [0.2, 0.25) is 0 Å². The number of halogens is 1. The molecule has 26 heavy (non-hydrogen) atoms. The summed E-state index contributed by atoms with van der Waals surface area (Å²) < 4.78 is 19.3. The molecule has 0 amide bonds. The first-order valence-corrected chi connectivity index (χ1v) is 8.69. The third-order valence-corrected chi connectivity index (χ3v) is 4.26. The molecule has 6 nitrogen and oxygen atoms in total. The minimum atomic E-state index is -0.419. The molecule has 2 rings (SSSR count). The maximum atomic E-state index is 13.9. The molecule has 2 aromatic rings. The van der Waals surface area contributed by atoms with E-state index in [-0.39, 0.29) is 6.54 Å². The van der Waals surface area contributed by atoms with Crippen LogP contribution in [0.3, 0.4) is 0 Å². The summed E-state index contributed by atoms with van der Waals surface area (Å²) in [5, 5.41) is 19.1. The van der Waals surface area contributed by atoms with Crippen molar-refractivity contribution >= 4 is 5.96 Å². The van der Waals surface area contributed by atoms with E-state index in [0.717, 1.165) is 24.3 Å². The van der Waals surface area contributed by atoms with E-state index in [1.54, 1.807) is 19.2 Å². The number of nitrogens with one attached hydrogen (secondary N) is 2. The van der Waals surface area contributed by atoms with E-state index in [4.69, 9.17) is 9.78 Å². The minimum Gasteiger partial charge on any atom is -0.359 e. The molecule has 0 fully saturated rings. The van der Waals surface area contributed by atoms with Gasteiger partial charge in [0, 0.05) is 31.1 Å². The van der Waals surface area contributed by atoms with Gasteiger partial charge in [0.1, 0.15) is 5.82 Å². The van der Waals surface area contributed by atoms with Gasteiger partial charge in [0.25, 0.3) is 0 Å². The van der Waals surface area contributed by atoms with E-state index < -0.39 is 5.82 Å². The fraction of sp³-hybridized carbons (Fsp3) is 0.421. The first-order valence-electron chi connectivity index (χ1n) is 8.69. The Morgan fingerprint density at radius 3 is 2.62 bits per heavy atom. The van der Waals surface area contributed by atoms with Crippen molar-refractivity contribution in [3.05, 3.63) is 52.7 Å². The molecule has 0 unspecified atom stereocenters. The van der Waals surface area contributed by atoms with E-state index >= 15 is 0 Å². The minimum absolute atomic E-state index is 0.257. The number of nitriles is 1. The average Bonchev–Trinajstić information content (AvgIpc) is 3.12. The number of aromatic nitrogens is 1. The number of aliphatic imine (C=N–C) groups is 1. The molecule has 0 atom stereocenters. The molecule has 0 saturated heterocycles. The van der Waals surface area contributed by atoms with Crippen LogP contribution >= 0.6 is 0 Å². The molecule has 2 N–H and O–H groups in total. The fourth-order valence-corrected chi connectivity index (χ4v) is 2.64. The first-order chi connectivity index (χ1) is 12.6. The lowest BCUT2D eigenvalue weighted by Crippen LogP contribution is -2.36. The maximum absolute atomic E-state index is 13.9. The van der Waals surface area contributed by atoms with Crippen LogP contribution < -0.4 is 10.6 Å². The van der Waals surface area contributed by atoms with Gasteiger partial charge in [-0.25, -0.2) is 4.39 Å². The number of rotatable bonds is 7. The molecule has 1 aromatic carbocycles. The molecule has 7 heteroatoms. The van der Waals surface area contributed by atoms with Crippen LogP contribution in [0.25, 0.3) is 0 Å². The standard InChI is InChI=1S/C19H24FN5O/c1-4-14(5-2)18-9-16(26-25-18)12-24-19(22-3)23-11-15-7-6-13(10-21)8-17(15)20/h6-9,14H,4-5,11-12H2,1-3H3,(H2,22,23,24). The van der Waals surface area contributed by atoms with Crippen LogP contribution in [-0.4, -0.2) is 18.2 Å². The molecular formula is C19H24FN5O. The molecule has 1 aromatic heterocycles. The quantitative estimate of drug-likeness (QED) is 0.585. The summed E-state index contributed by atoms with van der Waals surface area (Å²) in [6.07, 6.45) is 2.05. The first kappa shape index (κ1) is 19.4. The SMILES string of the molecule is CCC(CC)c1cc(CNC(=NC)NCc2ccc(C#N)cc2F)on1. The monoisotopic (exact) mass is 357 g/mol. The van der Waals surface area contributed by atoms with E-state index in [1.807, 2.05) is 12.1 Å². The summed E-state index contributed by atoms with van der Waals surface area (Å²) in [5.41, 5.74) is 1.73. The Labute approximate surface area is 153 Å². The number of hydrogen-bond donors (Lipinski definition) is 2. The predicted octanol–water partition coefficient (Wildman–Crippen LogP) is 3.45. The van der Waals surface area contributed by atoms with Gasteiger partial charge in [-0.3, -0.25) is 4.99 Å². The van der Waals surface area contributed by atoms with Gasteiger partial charge >= 0.3 is 0 Å². The van der Waals surface area contributed by atoms with E-state index in [9.17, 15) is 4.39 Å². The van der Waals surface area contributed by atoms with Crippen LogP contribution in [0.1, 0.15) is 55.2 Å². The predicted molar refractivity (Wildman–Crippen MR) is 98.0 cm³/mol. The van der Waals surface area contributed by atoms with Crippen molar-refractivity contribution in [2.45, 2.75) is 45.7 Å². The molecule has 0 aliphatic carbocycles. The molecule has 0 bridgehead atoms. The number of guanidine groups is 1. The van der Waals surface area contributed by atoms with E-state index in [2.05, 4.69) is 34.6 Å².